The van der Waals surface area contributed by atoms with E-state index in [9.17, 15) is 9.18 Å². The topological polar surface area (TPSA) is 65.8 Å². The second kappa shape index (κ2) is 5.87. The van der Waals surface area contributed by atoms with Gasteiger partial charge in [0.1, 0.15) is 17.0 Å². The zero-order valence-electron chi connectivity index (χ0n) is 9.82. The molecule has 0 saturated carbocycles. The van der Waals surface area contributed by atoms with E-state index < -0.39 is 11.7 Å². The highest BCUT2D eigenvalue weighted by Crippen LogP contribution is 2.21. The summed E-state index contributed by atoms with van der Waals surface area (Å²) in [6, 6.07) is 6.62. The molecular weight excluding hydrogens is 304 g/mol. The fraction of sp³-hybridized carbons (Fsp3) is 0. The molecule has 0 fully saturated rings. The molecule has 1 amide bonds. The van der Waals surface area contributed by atoms with Crippen LogP contribution in [0.3, 0.4) is 0 Å². The summed E-state index contributed by atoms with van der Waals surface area (Å²) in [5, 5.41) is 11.6. The number of carbonyl (C=O) groups is 1. The molecule has 0 unspecified atom stereocenters. The molecule has 1 N–H and O–H groups in total. The maximum absolute atomic E-state index is 13.0. The molecule has 7 heteroatoms. The fourth-order valence-electron chi connectivity index (χ4n) is 1.46. The Balaban J connectivity index is 2.28. The molecule has 1 aromatic heterocycles. The van der Waals surface area contributed by atoms with Crippen LogP contribution in [0.15, 0.2) is 30.5 Å². The Morgan fingerprint density at radius 3 is 2.75 bits per heavy atom. The third-order valence-electron chi connectivity index (χ3n) is 2.41. The van der Waals surface area contributed by atoms with Crippen LogP contribution in [0.2, 0.25) is 10.2 Å². The van der Waals surface area contributed by atoms with Gasteiger partial charge in [-0.2, -0.15) is 5.26 Å². The second-order valence-electron chi connectivity index (χ2n) is 3.75. The molecule has 0 radical (unpaired) electrons. The molecule has 0 aliphatic heterocycles. The summed E-state index contributed by atoms with van der Waals surface area (Å²) in [7, 11) is 0. The third-order valence-corrected chi connectivity index (χ3v) is 3.09. The lowest BCUT2D eigenvalue weighted by atomic mass is 10.1. The number of hydrogen-bond donors (Lipinski definition) is 1. The number of benzene rings is 1. The van der Waals surface area contributed by atoms with Gasteiger partial charge in [0.25, 0.3) is 5.91 Å². The van der Waals surface area contributed by atoms with E-state index in [2.05, 4.69) is 10.3 Å². The van der Waals surface area contributed by atoms with Crippen LogP contribution < -0.4 is 5.32 Å². The summed E-state index contributed by atoms with van der Waals surface area (Å²) in [6.45, 7) is 0. The van der Waals surface area contributed by atoms with Crippen molar-refractivity contribution in [3.05, 3.63) is 57.6 Å². The van der Waals surface area contributed by atoms with E-state index >= 15 is 0 Å². The van der Waals surface area contributed by atoms with Crippen molar-refractivity contribution in [1.29, 1.82) is 5.26 Å². The van der Waals surface area contributed by atoms with Crippen molar-refractivity contribution in [1.82, 2.24) is 4.98 Å². The van der Waals surface area contributed by atoms with Gasteiger partial charge in [0.15, 0.2) is 0 Å². The summed E-state index contributed by atoms with van der Waals surface area (Å²) in [5.41, 5.74) is 0.393. The molecule has 2 aromatic rings. The number of nitrogens with one attached hydrogen (secondary N) is 1. The standard InChI is InChI=1S/C13H6Cl2FN3O/c14-10-4-8(6-18-12(10)15)13(20)19-11-2-1-9(16)3-7(11)5-17/h1-4,6H,(H,19,20). The van der Waals surface area contributed by atoms with E-state index in [0.717, 1.165) is 12.1 Å². The molecule has 0 spiro atoms. The maximum Gasteiger partial charge on any atom is 0.257 e. The van der Waals surface area contributed by atoms with E-state index in [1.165, 1.54) is 18.3 Å². The Labute approximate surface area is 123 Å². The van der Waals surface area contributed by atoms with Crippen LogP contribution >= 0.6 is 23.2 Å². The first-order valence-electron chi connectivity index (χ1n) is 5.33. The minimum atomic E-state index is -0.559. The SMILES string of the molecule is N#Cc1cc(F)ccc1NC(=O)c1cnc(Cl)c(Cl)c1. The Morgan fingerprint density at radius 2 is 2.10 bits per heavy atom. The second-order valence-corrected chi connectivity index (χ2v) is 4.52. The minimum absolute atomic E-state index is 0.0198. The van der Waals surface area contributed by atoms with Gasteiger partial charge in [-0.05, 0) is 24.3 Å². The largest absolute Gasteiger partial charge is 0.321 e. The molecule has 0 bridgehead atoms. The van der Waals surface area contributed by atoms with Gasteiger partial charge in [-0.1, -0.05) is 23.2 Å². The third kappa shape index (κ3) is 3.05. The van der Waals surface area contributed by atoms with E-state index in [0.29, 0.717) is 0 Å². The average Bonchev–Trinajstić information content (AvgIpc) is 2.43. The number of halogens is 3. The fourth-order valence-corrected chi connectivity index (χ4v) is 1.73. The molecule has 1 aromatic carbocycles. The molecular formula is C13H6Cl2FN3O. The number of carbonyl (C=O) groups excluding carboxylic acids is 1. The first kappa shape index (κ1) is 14.3. The normalized spacial score (nSPS) is 9.90. The van der Waals surface area contributed by atoms with Crippen LogP contribution in [0, 0.1) is 17.1 Å². The molecule has 0 aliphatic carbocycles. The lowest BCUT2D eigenvalue weighted by Crippen LogP contribution is -2.13. The van der Waals surface area contributed by atoms with Crippen molar-refractivity contribution in [2.45, 2.75) is 0 Å². The predicted molar refractivity (Wildman–Crippen MR) is 73.3 cm³/mol. The first-order valence-corrected chi connectivity index (χ1v) is 6.09. The molecule has 0 atom stereocenters. The zero-order chi connectivity index (χ0) is 14.7. The number of pyridine rings is 1. The highest BCUT2D eigenvalue weighted by atomic mass is 35.5. The number of nitrogens with zero attached hydrogens (tertiary/aromatic N) is 2. The van der Waals surface area contributed by atoms with Crippen molar-refractivity contribution in [3.63, 3.8) is 0 Å². The Morgan fingerprint density at radius 1 is 1.35 bits per heavy atom. The van der Waals surface area contributed by atoms with Crippen molar-refractivity contribution in [2.75, 3.05) is 5.32 Å². The number of anilines is 1. The van der Waals surface area contributed by atoms with Crippen molar-refractivity contribution in [2.24, 2.45) is 0 Å². The summed E-state index contributed by atoms with van der Waals surface area (Å²) < 4.78 is 13.0. The van der Waals surface area contributed by atoms with Gasteiger partial charge in [0.05, 0.1) is 21.8 Å². The van der Waals surface area contributed by atoms with Crippen LogP contribution in [-0.2, 0) is 0 Å². The molecule has 4 nitrogen and oxygen atoms in total. The van der Waals surface area contributed by atoms with Crippen LogP contribution in [-0.4, -0.2) is 10.9 Å². The number of amides is 1. The smallest absolute Gasteiger partial charge is 0.257 e. The lowest BCUT2D eigenvalue weighted by Gasteiger charge is -2.07. The van der Waals surface area contributed by atoms with Crippen molar-refractivity contribution < 1.29 is 9.18 Å². The van der Waals surface area contributed by atoms with Gasteiger partial charge in [0.2, 0.25) is 0 Å². The highest BCUT2D eigenvalue weighted by Gasteiger charge is 2.12. The molecule has 1 heterocycles. The zero-order valence-corrected chi connectivity index (χ0v) is 11.3. The highest BCUT2D eigenvalue weighted by molar-refractivity contribution is 6.41. The van der Waals surface area contributed by atoms with Crippen LogP contribution in [0.25, 0.3) is 0 Å². The average molecular weight is 310 g/mol. The van der Waals surface area contributed by atoms with Crippen molar-refractivity contribution >= 4 is 34.8 Å². The number of aromatic nitrogens is 1. The van der Waals surface area contributed by atoms with Crippen LogP contribution in [0.4, 0.5) is 10.1 Å². The summed E-state index contributed by atoms with van der Waals surface area (Å²) >= 11 is 11.4. The van der Waals surface area contributed by atoms with E-state index in [-0.39, 0.29) is 27.0 Å². The summed E-state index contributed by atoms with van der Waals surface area (Å²) in [6.07, 6.45) is 1.25. The monoisotopic (exact) mass is 309 g/mol. The number of nitriles is 1. The van der Waals surface area contributed by atoms with Gasteiger partial charge in [-0.25, -0.2) is 9.37 Å². The van der Waals surface area contributed by atoms with Gasteiger partial charge < -0.3 is 5.32 Å². The van der Waals surface area contributed by atoms with E-state index in [4.69, 9.17) is 28.5 Å². The predicted octanol–water partition coefficient (Wildman–Crippen LogP) is 3.65. The summed E-state index contributed by atoms with van der Waals surface area (Å²) in [5.74, 6) is -1.09. The lowest BCUT2D eigenvalue weighted by molar-refractivity contribution is 0.102. The Kier molecular flexibility index (Phi) is 4.18. The molecule has 2 rings (SSSR count). The molecule has 0 saturated heterocycles. The van der Waals surface area contributed by atoms with Crippen molar-refractivity contribution in [3.8, 4) is 6.07 Å². The van der Waals surface area contributed by atoms with Crippen LogP contribution in [0.1, 0.15) is 15.9 Å². The first-order chi connectivity index (χ1) is 9.51. The number of rotatable bonds is 2. The Bertz CT molecular complexity index is 728. The summed E-state index contributed by atoms with van der Waals surface area (Å²) in [4.78, 5) is 15.7. The van der Waals surface area contributed by atoms with Crippen LogP contribution in [0.5, 0.6) is 0 Å². The van der Waals surface area contributed by atoms with Gasteiger partial charge >= 0.3 is 0 Å². The maximum atomic E-state index is 13.0. The van der Waals surface area contributed by atoms with Gasteiger partial charge in [0, 0.05) is 6.20 Å². The number of hydrogen-bond acceptors (Lipinski definition) is 3. The quantitative estimate of drug-likeness (QED) is 0.861. The Hall–Kier alpha value is -2.16. The van der Waals surface area contributed by atoms with Gasteiger partial charge in [-0.15, -0.1) is 0 Å². The molecule has 20 heavy (non-hydrogen) atoms. The van der Waals surface area contributed by atoms with E-state index in [1.807, 2.05) is 0 Å². The van der Waals surface area contributed by atoms with Gasteiger partial charge in [-0.3, -0.25) is 4.79 Å². The molecule has 100 valence electrons. The molecule has 0 aliphatic rings. The van der Waals surface area contributed by atoms with E-state index in [1.54, 1.807) is 6.07 Å². The minimum Gasteiger partial charge on any atom is -0.321 e.